The monoisotopic (exact) mass is 408 g/mol. The maximum atomic E-state index is 12.7. The standard InChI is InChI=1S/C17H17ClN4O2S2/c18-11-1-2-13-12(9-11)20-16(24)14(26-13)10-15(23)21-4-6-22(7-5-21)17-19-3-8-25-17/h1-3,8-9,14H,4-7,10H2,(H,20,24). The van der Waals surface area contributed by atoms with Crippen LogP contribution in [0.2, 0.25) is 5.02 Å². The Bertz CT molecular complexity index is 822. The zero-order valence-electron chi connectivity index (χ0n) is 13.9. The van der Waals surface area contributed by atoms with Crippen molar-refractivity contribution in [2.75, 3.05) is 36.4 Å². The lowest BCUT2D eigenvalue weighted by Gasteiger charge is -2.35. The van der Waals surface area contributed by atoms with Crippen molar-refractivity contribution in [3.05, 3.63) is 34.8 Å². The summed E-state index contributed by atoms with van der Waals surface area (Å²) in [6.45, 7) is 2.85. The van der Waals surface area contributed by atoms with Gasteiger partial charge in [0.25, 0.3) is 0 Å². The van der Waals surface area contributed by atoms with Gasteiger partial charge in [-0.05, 0) is 18.2 Å². The Labute approximate surface area is 164 Å². The molecule has 1 atom stereocenters. The average molecular weight is 409 g/mol. The average Bonchev–Trinajstić information content (AvgIpc) is 3.17. The van der Waals surface area contributed by atoms with Crippen molar-refractivity contribution in [3.8, 4) is 0 Å². The third-order valence-electron chi connectivity index (χ3n) is 4.44. The molecular formula is C17H17ClN4O2S2. The number of carbonyl (C=O) groups is 2. The Balaban J connectivity index is 1.35. The second-order valence-electron chi connectivity index (χ2n) is 6.12. The van der Waals surface area contributed by atoms with Gasteiger partial charge in [0.1, 0.15) is 0 Å². The van der Waals surface area contributed by atoms with Crippen LogP contribution in [0.15, 0.2) is 34.7 Å². The third kappa shape index (κ3) is 3.67. The SMILES string of the molecule is O=C1Nc2cc(Cl)ccc2SC1CC(=O)N1CCN(c2nccs2)CC1. The van der Waals surface area contributed by atoms with Gasteiger partial charge in [-0.15, -0.1) is 23.1 Å². The van der Waals surface area contributed by atoms with Crippen LogP contribution in [0.3, 0.4) is 0 Å². The highest BCUT2D eigenvalue weighted by Gasteiger charge is 2.31. The fourth-order valence-corrected chi connectivity index (χ4v) is 5.01. The van der Waals surface area contributed by atoms with Crippen LogP contribution < -0.4 is 10.2 Å². The molecule has 0 aliphatic carbocycles. The molecule has 1 saturated heterocycles. The summed E-state index contributed by atoms with van der Waals surface area (Å²) in [5, 5.41) is 5.98. The van der Waals surface area contributed by atoms with Crippen molar-refractivity contribution in [1.82, 2.24) is 9.88 Å². The number of benzene rings is 1. The highest BCUT2D eigenvalue weighted by atomic mass is 35.5. The Hall–Kier alpha value is -1.77. The molecule has 136 valence electrons. The molecule has 6 nitrogen and oxygen atoms in total. The number of rotatable bonds is 3. The van der Waals surface area contributed by atoms with Crippen LogP contribution in [0, 0.1) is 0 Å². The quantitative estimate of drug-likeness (QED) is 0.845. The molecule has 0 radical (unpaired) electrons. The van der Waals surface area contributed by atoms with Crippen LogP contribution in [0.5, 0.6) is 0 Å². The van der Waals surface area contributed by atoms with Gasteiger partial charge in [0.2, 0.25) is 11.8 Å². The summed E-state index contributed by atoms with van der Waals surface area (Å²) in [4.78, 5) is 34.3. The van der Waals surface area contributed by atoms with E-state index in [0.29, 0.717) is 23.8 Å². The topological polar surface area (TPSA) is 65.5 Å². The molecule has 1 aromatic heterocycles. The van der Waals surface area contributed by atoms with Gasteiger partial charge in [-0.1, -0.05) is 11.6 Å². The summed E-state index contributed by atoms with van der Waals surface area (Å²) in [5.41, 5.74) is 0.716. The van der Waals surface area contributed by atoms with Crippen LogP contribution in [-0.2, 0) is 9.59 Å². The molecule has 0 saturated carbocycles. The molecule has 2 aliphatic heterocycles. The predicted octanol–water partition coefficient (Wildman–Crippen LogP) is 2.95. The van der Waals surface area contributed by atoms with Crippen LogP contribution >= 0.6 is 34.7 Å². The van der Waals surface area contributed by atoms with Gasteiger partial charge in [0, 0.05) is 54.1 Å². The second kappa shape index (κ2) is 7.46. The molecule has 2 amide bonds. The number of aromatic nitrogens is 1. The first kappa shape index (κ1) is 17.6. The van der Waals surface area contributed by atoms with E-state index in [1.807, 2.05) is 16.3 Å². The maximum Gasteiger partial charge on any atom is 0.238 e. The number of hydrogen-bond acceptors (Lipinski definition) is 6. The number of piperazine rings is 1. The summed E-state index contributed by atoms with van der Waals surface area (Å²) >= 11 is 9.00. The number of anilines is 2. The minimum atomic E-state index is -0.409. The van der Waals surface area contributed by atoms with Crippen molar-refractivity contribution in [1.29, 1.82) is 0 Å². The lowest BCUT2D eigenvalue weighted by Crippen LogP contribution is -2.49. The van der Waals surface area contributed by atoms with Crippen molar-refractivity contribution in [2.24, 2.45) is 0 Å². The summed E-state index contributed by atoms with van der Waals surface area (Å²) in [6, 6.07) is 5.41. The molecule has 3 heterocycles. The fraction of sp³-hybridized carbons (Fsp3) is 0.353. The zero-order chi connectivity index (χ0) is 18.1. The fourth-order valence-electron chi connectivity index (χ4n) is 3.06. The number of nitrogens with one attached hydrogen (secondary N) is 1. The van der Waals surface area contributed by atoms with E-state index in [0.717, 1.165) is 23.1 Å². The Morgan fingerprint density at radius 1 is 1.31 bits per heavy atom. The molecule has 1 fully saturated rings. The summed E-state index contributed by atoms with van der Waals surface area (Å²) in [7, 11) is 0. The number of amides is 2. The van der Waals surface area contributed by atoms with Crippen LogP contribution in [0.1, 0.15) is 6.42 Å². The van der Waals surface area contributed by atoms with Crippen molar-refractivity contribution >= 4 is 57.3 Å². The molecule has 4 rings (SSSR count). The molecule has 0 spiro atoms. The van der Waals surface area contributed by atoms with Gasteiger partial charge in [-0.25, -0.2) is 4.98 Å². The van der Waals surface area contributed by atoms with Crippen molar-refractivity contribution in [3.63, 3.8) is 0 Å². The van der Waals surface area contributed by atoms with Gasteiger partial charge >= 0.3 is 0 Å². The number of hydrogen-bond donors (Lipinski definition) is 1. The lowest BCUT2D eigenvalue weighted by atomic mass is 10.2. The molecule has 26 heavy (non-hydrogen) atoms. The molecule has 1 aromatic carbocycles. The predicted molar refractivity (Wildman–Crippen MR) is 105 cm³/mol. The Morgan fingerprint density at radius 2 is 2.12 bits per heavy atom. The molecule has 9 heteroatoms. The van der Waals surface area contributed by atoms with Gasteiger partial charge in [-0.3, -0.25) is 9.59 Å². The summed E-state index contributed by atoms with van der Waals surface area (Å²) in [5.74, 6) is -0.117. The summed E-state index contributed by atoms with van der Waals surface area (Å²) < 4.78 is 0. The zero-order valence-corrected chi connectivity index (χ0v) is 16.2. The molecule has 2 aliphatic rings. The third-order valence-corrected chi connectivity index (χ3v) is 6.79. The highest BCUT2D eigenvalue weighted by molar-refractivity contribution is 8.01. The maximum absolute atomic E-state index is 12.7. The molecule has 1 N–H and O–H groups in total. The van der Waals surface area contributed by atoms with E-state index in [-0.39, 0.29) is 18.2 Å². The van der Waals surface area contributed by atoms with E-state index < -0.39 is 5.25 Å². The van der Waals surface area contributed by atoms with E-state index in [9.17, 15) is 9.59 Å². The van der Waals surface area contributed by atoms with Gasteiger partial charge in [0.15, 0.2) is 5.13 Å². The van der Waals surface area contributed by atoms with Crippen molar-refractivity contribution < 1.29 is 9.59 Å². The first-order valence-electron chi connectivity index (χ1n) is 8.29. The van der Waals surface area contributed by atoms with Crippen LogP contribution in [0.4, 0.5) is 10.8 Å². The van der Waals surface area contributed by atoms with Gasteiger partial charge in [0.05, 0.1) is 10.9 Å². The van der Waals surface area contributed by atoms with Gasteiger partial charge < -0.3 is 15.1 Å². The van der Waals surface area contributed by atoms with Crippen LogP contribution in [0.25, 0.3) is 0 Å². The molecule has 1 unspecified atom stereocenters. The number of halogens is 1. The molecular weight excluding hydrogens is 392 g/mol. The number of thioether (sulfide) groups is 1. The van der Waals surface area contributed by atoms with E-state index in [4.69, 9.17) is 11.6 Å². The minimum absolute atomic E-state index is 0.0221. The number of fused-ring (bicyclic) bond motifs is 1. The minimum Gasteiger partial charge on any atom is -0.345 e. The van der Waals surface area contributed by atoms with E-state index in [1.54, 1.807) is 29.7 Å². The van der Waals surface area contributed by atoms with E-state index in [2.05, 4.69) is 15.2 Å². The lowest BCUT2D eigenvalue weighted by molar-refractivity contribution is -0.132. The normalized spacial score (nSPS) is 19.9. The largest absolute Gasteiger partial charge is 0.345 e. The smallest absolute Gasteiger partial charge is 0.238 e. The number of thiazole rings is 1. The van der Waals surface area contributed by atoms with Gasteiger partial charge in [-0.2, -0.15) is 0 Å². The highest BCUT2D eigenvalue weighted by Crippen LogP contribution is 2.38. The van der Waals surface area contributed by atoms with Crippen LogP contribution in [-0.4, -0.2) is 53.1 Å². The Kier molecular flexibility index (Phi) is 5.06. The van der Waals surface area contributed by atoms with E-state index in [1.165, 1.54) is 11.8 Å². The number of nitrogens with zero attached hydrogens (tertiary/aromatic N) is 3. The molecule has 0 bridgehead atoms. The summed E-state index contributed by atoms with van der Waals surface area (Å²) in [6.07, 6.45) is 2.00. The Morgan fingerprint density at radius 3 is 2.85 bits per heavy atom. The van der Waals surface area contributed by atoms with E-state index >= 15 is 0 Å². The second-order valence-corrected chi connectivity index (χ2v) is 8.68. The first-order valence-corrected chi connectivity index (χ1v) is 10.4. The molecule has 2 aromatic rings. The van der Waals surface area contributed by atoms with Crippen molar-refractivity contribution in [2.45, 2.75) is 16.6 Å². The number of carbonyl (C=O) groups excluding carboxylic acids is 2. The first-order chi connectivity index (χ1) is 12.6.